The molecule has 0 aliphatic carbocycles. The van der Waals surface area contributed by atoms with E-state index in [1.807, 2.05) is 31.2 Å². The number of nitrogens with one attached hydrogen (secondary N) is 1. The van der Waals surface area contributed by atoms with Crippen LogP contribution in [0.5, 0.6) is 5.75 Å². The van der Waals surface area contributed by atoms with Gasteiger partial charge in [0.2, 0.25) is 0 Å². The molecule has 0 bridgehead atoms. The molecule has 0 aliphatic heterocycles. The van der Waals surface area contributed by atoms with Gasteiger partial charge < -0.3 is 10.1 Å². The van der Waals surface area contributed by atoms with Crippen LogP contribution in [0.4, 0.5) is 0 Å². The van der Waals surface area contributed by atoms with Gasteiger partial charge in [0.15, 0.2) is 9.84 Å². The van der Waals surface area contributed by atoms with E-state index in [1.54, 1.807) is 7.11 Å². The second kappa shape index (κ2) is 7.49. The Labute approximate surface area is 142 Å². The first-order valence-corrected chi connectivity index (χ1v) is 9.49. The fourth-order valence-electron chi connectivity index (χ4n) is 2.35. The van der Waals surface area contributed by atoms with E-state index in [9.17, 15) is 13.2 Å². The highest BCUT2D eigenvalue weighted by Crippen LogP contribution is 2.21. The largest absolute Gasteiger partial charge is 0.497 e. The Balaban J connectivity index is 2.13. The highest BCUT2D eigenvalue weighted by atomic mass is 32.2. The van der Waals surface area contributed by atoms with Gasteiger partial charge in [-0.1, -0.05) is 19.1 Å². The summed E-state index contributed by atoms with van der Waals surface area (Å²) in [5.41, 5.74) is 1.41. The summed E-state index contributed by atoms with van der Waals surface area (Å²) < 4.78 is 28.1. The average Bonchev–Trinajstić information content (AvgIpc) is 2.59. The number of rotatable bonds is 6. The van der Waals surface area contributed by atoms with Gasteiger partial charge in [0, 0.05) is 11.8 Å². The van der Waals surface area contributed by atoms with E-state index in [-0.39, 0.29) is 16.8 Å². The molecule has 2 rings (SSSR count). The standard InChI is InChI=1S/C18H21NO4S/c1-4-17(13-5-9-15(23-2)10-6-13)19-18(20)14-7-11-16(12-8-14)24(3,21)22/h5-12,17H,4H2,1-3H3,(H,19,20)/t17-/m1/s1. The summed E-state index contributed by atoms with van der Waals surface area (Å²) in [5, 5.41) is 2.97. The average molecular weight is 347 g/mol. The van der Waals surface area contributed by atoms with E-state index in [2.05, 4.69) is 5.32 Å². The van der Waals surface area contributed by atoms with Gasteiger partial charge in [0.1, 0.15) is 5.75 Å². The lowest BCUT2D eigenvalue weighted by Crippen LogP contribution is -2.28. The normalized spacial score (nSPS) is 12.5. The summed E-state index contributed by atoms with van der Waals surface area (Å²) in [4.78, 5) is 12.6. The van der Waals surface area contributed by atoms with Gasteiger partial charge in [-0.15, -0.1) is 0 Å². The molecular weight excluding hydrogens is 326 g/mol. The monoisotopic (exact) mass is 347 g/mol. The van der Waals surface area contributed by atoms with Gasteiger partial charge in [-0.25, -0.2) is 8.42 Å². The molecule has 0 fully saturated rings. The molecule has 5 nitrogen and oxygen atoms in total. The molecule has 0 heterocycles. The Bertz CT molecular complexity index is 796. The van der Waals surface area contributed by atoms with Gasteiger partial charge in [0.25, 0.3) is 5.91 Å². The highest BCUT2D eigenvalue weighted by molar-refractivity contribution is 7.90. The molecule has 1 N–H and O–H groups in total. The van der Waals surface area contributed by atoms with Crippen molar-refractivity contribution in [2.75, 3.05) is 13.4 Å². The molecule has 0 aromatic heterocycles. The molecule has 0 aliphatic rings. The molecule has 0 radical (unpaired) electrons. The third kappa shape index (κ3) is 4.35. The molecule has 0 spiro atoms. The number of carbonyl (C=O) groups is 1. The summed E-state index contributed by atoms with van der Waals surface area (Å²) in [7, 11) is -1.66. The van der Waals surface area contributed by atoms with Crippen LogP contribution in [0.3, 0.4) is 0 Å². The van der Waals surface area contributed by atoms with Crippen LogP contribution in [-0.4, -0.2) is 27.7 Å². The van der Waals surface area contributed by atoms with Crippen molar-refractivity contribution >= 4 is 15.7 Å². The molecule has 0 saturated carbocycles. The number of hydrogen-bond donors (Lipinski definition) is 1. The van der Waals surface area contributed by atoms with Crippen molar-refractivity contribution < 1.29 is 17.9 Å². The Hall–Kier alpha value is -2.34. The van der Waals surface area contributed by atoms with Gasteiger partial charge >= 0.3 is 0 Å². The minimum absolute atomic E-state index is 0.127. The van der Waals surface area contributed by atoms with E-state index >= 15 is 0 Å². The molecule has 24 heavy (non-hydrogen) atoms. The predicted octanol–water partition coefficient (Wildman–Crippen LogP) is 2.98. The molecule has 1 amide bonds. The molecule has 1 atom stereocenters. The molecule has 128 valence electrons. The zero-order chi connectivity index (χ0) is 17.7. The minimum atomic E-state index is -3.27. The van der Waals surface area contributed by atoms with E-state index in [0.717, 1.165) is 24.0 Å². The topological polar surface area (TPSA) is 72.5 Å². The van der Waals surface area contributed by atoms with Gasteiger partial charge in [0.05, 0.1) is 18.0 Å². The molecule has 0 saturated heterocycles. The Morgan fingerprint density at radius 1 is 1.08 bits per heavy atom. The minimum Gasteiger partial charge on any atom is -0.497 e. The second-order valence-corrected chi connectivity index (χ2v) is 7.52. The first kappa shape index (κ1) is 18.0. The van der Waals surface area contributed by atoms with Crippen LogP contribution in [0.15, 0.2) is 53.4 Å². The smallest absolute Gasteiger partial charge is 0.251 e. The van der Waals surface area contributed by atoms with Crippen LogP contribution in [0.1, 0.15) is 35.3 Å². The zero-order valence-corrected chi connectivity index (χ0v) is 14.8. The highest BCUT2D eigenvalue weighted by Gasteiger charge is 2.15. The number of ether oxygens (including phenoxy) is 1. The Kier molecular flexibility index (Phi) is 5.62. The van der Waals surface area contributed by atoms with Crippen molar-refractivity contribution in [3.8, 4) is 5.75 Å². The number of sulfone groups is 1. The molecule has 2 aromatic carbocycles. The number of amides is 1. The van der Waals surface area contributed by atoms with E-state index in [1.165, 1.54) is 24.3 Å². The molecule has 0 unspecified atom stereocenters. The number of carbonyl (C=O) groups excluding carboxylic acids is 1. The van der Waals surface area contributed by atoms with Crippen molar-refractivity contribution in [3.05, 3.63) is 59.7 Å². The number of hydrogen-bond acceptors (Lipinski definition) is 4. The molecule has 6 heteroatoms. The van der Waals surface area contributed by atoms with Crippen molar-refractivity contribution in [1.82, 2.24) is 5.32 Å². The van der Waals surface area contributed by atoms with Crippen molar-refractivity contribution in [2.24, 2.45) is 0 Å². The number of benzene rings is 2. The van der Waals surface area contributed by atoms with Crippen LogP contribution < -0.4 is 10.1 Å². The lowest BCUT2D eigenvalue weighted by molar-refractivity contribution is 0.0935. The van der Waals surface area contributed by atoms with E-state index in [0.29, 0.717) is 5.56 Å². The van der Waals surface area contributed by atoms with Gasteiger partial charge in [-0.2, -0.15) is 0 Å². The fourth-order valence-corrected chi connectivity index (χ4v) is 2.98. The maximum absolute atomic E-state index is 12.4. The van der Waals surface area contributed by atoms with Gasteiger partial charge in [-0.05, 0) is 48.4 Å². The first-order valence-electron chi connectivity index (χ1n) is 7.60. The van der Waals surface area contributed by atoms with Crippen molar-refractivity contribution in [2.45, 2.75) is 24.3 Å². The lowest BCUT2D eigenvalue weighted by atomic mass is 10.0. The van der Waals surface area contributed by atoms with Crippen LogP contribution in [0.25, 0.3) is 0 Å². The summed E-state index contributed by atoms with van der Waals surface area (Å²) in [6.07, 6.45) is 1.87. The van der Waals surface area contributed by atoms with E-state index < -0.39 is 9.84 Å². The maximum Gasteiger partial charge on any atom is 0.251 e. The predicted molar refractivity (Wildman–Crippen MR) is 93.0 cm³/mol. The Morgan fingerprint density at radius 2 is 1.67 bits per heavy atom. The van der Waals surface area contributed by atoms with Crippen molar-refractivity contribution in [3.63, 3.8) is 0 Å². The second-order valence-electron chi connectivity index (χ2n) is 5.50. The summed E-state index contributed by atoms with van der Waals surface area (Å²) >= 11 is 0. The lowest BCUT2D eigenvalue weighted by Gasteiger charge is -2.18. The van der Waals surface area contributed by atoms with Gasteiger partial charge in [-0.3, -0.25) is 4.79 Å². The van der Waals surface area contributed by atoms with Crippen LogP contribution in [0.2, 0.25) is 0 Å². The fraction of sp³-hybridized carbons (Fsp3) is 0.278. The summed E-state index contributed by atoms with van der Waals surface area (Å²) in [5.74, 6) is 0.522. The Morgan fingerprint density at radius 3 is 2.12 bits per heavy atom. The van der Waals surface area contributed by atoms with E-state index in [4.69, 9.17) is 4.74 Å². The summed E-state index contributed by atoms with van der Waals surface area (Å²) in [6.45, 7) is 1.99. The quantitative estimate of drug-likeness (QED) is 0.872. The maximum atomic E-state index is 12.4. The SMILES string of the molecule is CC[C@@H](NC(=O)c1ccc(S(C)(=O)=O)cc1)c1ccc(OC)cc1. The molecule has 2 aromatic rings. The number of methoxy groups -OCH3 is 1. The van der Waals surface area contributed by atoms with Crippen LogP contribution in [-0.2, 0) is 9.84 Å². The van der Waals surface area contributed by atoms with Crippen LogP contribution >= 0.6 is 0 Å². The third-order valence-electron chi connectivity index (χ3n) is 3.78. The first-order chi connectivity index (χ1) is 11.3. The summed E-state index contributed by atoms with van der Waals surface area (Å²) in [6, 6.07) is 13.3. The zero-order valence-electron chi connectivity index (χ0n) is 13.9. The third-order valence-corrected chi connectivity index (χ3v) is 4.90. The van der Waals surface area contributed by atoms with Crippen molar-refractivity contribution in [1.29, 1.82) is 0 Å². The van der Waals surface area contributed by atoms with Crippen LogP contribution in [0, 0.1) is 0 Å². The molecular formula is C18H21NO4S.